The molecule has 0 radical (unpaired) electrons. The van der Waals surface area contributed by atoms with E-state index in [0.717, 1.165) is 29.7 Å². The van der Waals surface area contributed by atoms with Gasteiger partial charge in [-0.15, -0.1) is 0 Å². The van der Waals surface area contributed by atoms with E-state index in [4.69, 9.17) is 9.47 Å². The molecule has 0 spiro atoms. The molecule has 0 N–H and O–H groups in total. The zero-order chi connectivity index (χ0) is 19.7. The second-order valence-corrected chi connectivity index (χ2v) is 7.49. The number of rotatable bonds is 5. The number of thiazole rings is 1. The van der Waals surface area contributed by atoms with Crippen LogP contribution < -0.4 is 9.64 Å². The molecule has 28 heavy (non-hydrogen) atoms. The minimum atomic E-state index is -1.06. The Hall–Kier alpha value is -2.58. The van der Waals surface area contributed by atoms with Crippen LogP contribution in [0.3, 0.4) is 0 Å². The Morgan fingerprint density at radius 3 is 2.89 bits per heavy atom. The maximum absolute atomic E-state index is 13.7. The standard InChI is InChI=1S/C20H18F2N2O3S/c1-26-16-5-2-6-17-18(16)23-20(28-17)24(11-13-4-3-9-27-13)19(25)12-7-8-14(21)15(22)10-12/h2,5-8,10,13H,3-4,9,11H2,1H3. The van der Waals surface area contributed by atoms with Gasteiger partial charge in [0, 0.05) is 12.2 Å². The summed E-state index contributed by atoms with van der Waals surface area (Å²) in [5, 5.41) is 0.463. The number of fused-ring (bicyclic) bond motifs is 1. The third kappa shape index (κ3) is 3.57. The number of anilines is 1. The summed E-state index contributed by atoms with van der Waals surface area (Å²) in [6.07, 6.45) is 1.63. The lowest BCUT2D eigenvalue weighted by Gasteiger charge is -2.23. The number of ether oxygens (including phenoxy) is 2. The topological polar surface area (TPSA) is 51.7 Å². The first-order valence-electron chi connectivity index (χ1n) is 8.89. The summed E-state index contributed by atoms with van der Waals surface area (Å²) in [5.74, 6) is -1.90. The number of para-hydroxylation sites is 1. The molecule has 8 heteroatoms. The number of amides is 1. The predicted octanol–water partition coefficient (Wildman–Crippen LogP) is 4.41. The van der Waals surface area contributed by atoms with E-state index in [-0.39, 0.29) is 11.7 Å². The second-order valence-electron chi connectivity index (χ2n) is 6.48. The monoisotopic (exact) mass is 404 g/mol. The quantitative estimate of drug-likeness (QED) is 0.632. The second kappa shape index (κ2) is 7.81. The smallest absolute Gasteiger partial charge is 0.260 e. The maximum atomic E-state index is 13.7. The molecule has 2 aromatic carbocycles. The number of aromatic nitrogens is 1. The number of hydrogen-bond donors (Lipinski definition) is 0. The lowest BCUT2D eigenvalue weighted by atomic mass is 10.1. The van der Waals surface area contributed by atoms with Crippen LogP contribution in [-0.2, 0) is 4.74 Å². The van der Waals surface area contributed by atoms with Gasteiger partial charge < -0.3 is 9.47 Å². The average molecular weight is 404 g/mol. The molecule has 4 rings (SSSR count). The SMILES string of the molecule is COc1cccc2sc(N(CC3CCCO3)C(=O)c3ccc(F)c(F)c3)nc12. The van der Waals surface area contributed by atoms with Gasteiger partial charge in [0.15, 0.2) is 16.8 Å². The van der Waals surface area contributed by atoms with Crippen molar-refractivity contribution in [3.63, 3.8) is 0 Å². The van der Waals surface area contributed by atoms with Gasteiger partial charge in [0.2, 0.25) is 0 Å². The lowest BCUT2D eigenvalue weighted by Crippen LogP contribution is -2.37. The molecule has 3 aromatic rings. The molecule has 1 aliphatic rings. The van der Waals surface area contributed by atoms with Gasteiger partial charge in [-0.25, -0.2) is 13.8 Å². The fraction of sp³-hybridized carbons (Fsp3) is 0.300. The summed E-state index contributed by atoms with van der Waals surface area (Å²) in [6, 6.07) is 8.68. The third-order valence-electron chi connectivity index (χ3n) is 4.64. The molecule has 0 bridgehead atoms. The van der Waals surface area contributed by atoms with E-state index in [0.29, 0.717) is 29.5 Å². The van der Waals surface area contributed by atoms with Crippen molar-refractivity contribution < 1.29 is 23.0 Å². The zero-order valence-electron chi connectivity index (χ0n) is 15.2. The largest absolute Gasteiger partial charge is 0.494 e. The highest BCUT2D eigenvalue weighted by atomic mass is 32.1. The first kappa shape index (κ1) is 18.8. The summed E-state index contributed by atoms with van der Waals surface area (Å²) >= 11 is 1.34. The molecule has 1 aromatic heterocycles. The van der Waals surface area contributed by atoms with Gasteiger partial charge in [-0.2, -0.15) is 0 Å². The average Bonchev–Trinajstić information content (AvgIpc) is 3.36. The van der Waals surface area contributed by atoms with E-state index in [2.05, 4.69) is 4.98 Å². The van der Waals surface area contributed by atoms with Crippen molar-refractivity contribution in [3.05, 3.63) is 53.6 Å². The van der Waals surface area contributed by atoms with Crippen LogP contribution in [0.5, 0.6) is 5.75 Å². The van der Waals surface area contributed by atoms with Crippen molar-refractivity contribution in [2.45, 2.75) is 18.9 Å². The third-order valence-corrected chi connectivity index (χ3v) is 5.69. The van der Waals surface area contributed by atoms with Gasteiger partial charge >= 0.3 is 0 Å². The highest BCUT2D eigenvalue weighted by Crippen LogP contribution is 2.35. The molecular formula is C20H18F2N2O3S. The molecule has 1 aliphatic heterocycles. The number of halogens is 2. The number of methoxy groups -OCH3 is 1. The Kier molecular flexibility index (Phi) is 5.23. The molecular weight excluding hydrogens is 386 g/mol. The number of nitrogens with zero attached hydrogens (tertiary/aromatic N) is 2. The molecule has 146 valence electrons. The number of carbonyl (C=O) groups is 1. The first-order chi connectivity index (χ1) is 13.6. The van der Waals surface area contributed by atoms with E-state index < -0.39 is 17.5 Å². The molecule has 1 saturated heterocycles. The van der Waals surface area contributed by atoms with Gasteiger partial charge in [-0.3, -0.25) is 9.69 Å². The number of hydrogen-bond acceptors (Lipinski definition) is 5. The van der Waals surface area contributed by atoms with E-state index in [1.54, 1.807) is 13.2 Å². The van der Waals surface area contributed by atoms with Crippen molar-refractivity contribution in [2.75, 3.05) is 25.2 Å². The highest BCUT2D eigenvalue weighted by Gasteiger charge is 2.28. The van der Waals surface area contributed by atoms with Crippen LogP contribution in [0.1, 0.15) is 23.2 Å². The van der Waals surface area contributed by atoms with E-state index in [1.807, 2.05) is 12.1 Å². The Balaban J connectivity index is 1.74. The highest BCUT2D eigenvalue weighted by molar-refractivity contribution is 7.22. The Labute approximate surface area is 164 Å². The van der Waals surface area contributed by atoms with Crippen LogP contribution in [-0.4, -0.2) is 37.3 Å². The van der Waals surface area contributed by atoms with Gasteiger partial charge in [-0.05, 0) is 43.2 Å². The summed E-state index contributed by atoms with van der Waals surface area (Å²) in [4.78, 5) is 19.2. The molecule has 1 fully saturated rings. The molecule has 5 nitrogen and oxygen atoms in total. The van der Waals surface area contributed by atoms with Gasteiger partial charge in [0.25, 0.3) is 5.91 Å². The molecule has 1 amide bonds. The van der Waals surface area contributed by atoms with Gasteiger partial charge in [0.1, 0.15) is 11.3 Å². The Morgan fingerprint density at radius 1 is 1.32 bits per heavy atom. The van der Waals surface area contributed by atoms with E-state index in [1.165, 1.54) is 22.3 Å². The number of carbonyl (C=O) groups excluding carboxylic acids is 1. The van der Waals surface area contributed by atoms with E-state index >= 15 is 0 Å². The van der Waals surface area contributed by atoms with Crippen LogP contribution in [0.4, 0.5) is 13.9 Å². The Morgan fingerprint density at radius 2 is 2.18 bits per heavy atom. The molecule has 0 aliphatic carbocycles. The summed E-state index contributed by atoms with van der Waals surface area (Å²) < 4.78 is 38.9. The van der Waals surface area contributed by atoms with Crippen molar-refractivity contribution >= 4 is 32.6 Å². The van der Waals surface area contributed by atoms with Gasteiger partial charge in [-0.1, -0.05) is 17.4 Å². The minimum absolute atomic E-state index is 0.0584. The summed E-state index contributed by atoms with van der Waals surface area (Å²) in [7, 11) is 1.56. The minimum Gasteiger partial charge on any atom is -0.494 e. The summed E-state index contributed by atoms with van der Waals surface area (Å²) in [5.41, 5.74) is 0.712. The van der Waals surface area contributed by atoms with Crippen LogP contribution in [0.15, 0.2) is 36.4 Å². The molecule has 0 saturated carbocycles. The zero-order valence-corrected chi connectivity index (χ0v) is 16.0. The maximum Gasteiger partial charge on any atom is 0.260 e. The van der Waals surface area contributed by atoms with Gasteiger partial charge in [0.05, 0.1) is 24.5 Å². The first-order valence-corrected chi connectivity index (χ1v) is 9.70. The summed E-state index contributed by atoms with van der Waals surface area (Å²) in [6.45, 7) is 0.936. The number of benzene rings is 2. The van der Waals surface area contributed by atoms with Crippen LogP contribution in [0, 0.1) is 11.6 Å². The molecule has 2 heterocycles. The predicted molar refractivity (Wildman–Crippen MR) is 103 cm³/mol. The fourth-order valence-electron chi connectivity index (χ4n) is 3.22. The van der Waals surface area contributed by atoms with Crippen LogP contribution >= 0.6 is 11.3 Å². The molecule has 1 atom stereocenters. The van der Waals surface area contributed by atoms with Crippen molar-refractivity contribution in [3.8, 4) is 5.75 Å². The normalized spacial score (nSPS) is 16.5. The molecule has 1 unspecified atom stereocenters. The van der Waals surface area contributed by atoms with Crippen LogP contribution in [0.25, 0.3) is 10.2 Å². The van der Waals surface area contributed by atoms with Crippen molar-refractivity contribution in [1.29, 1.82) is 0 Å². The van der Waals surface area contributed by atoms with Crippen LogP contribution in [0.2, 0.25) is 0 Å². The Bertz CT molecular complexity index is 1020. The van der Waals surface area contributed by atoms with Crippen molar-refractivity contribution in [1.82, 2.24) is 4.98 Å². The van der Waals surface area contributed by atoms with E-state index in [9.17, 15) is 13.6 Å². The van der Waals surface area contributed by atoms with Crippen molar-refractivity contribution in [2.24, 2.45) is 0 Å². The lowest BCUT2D eigenvalue weighted by molar-refractivity contribution is 0.0917. The fourth-order valence-corrected chi connectivity index (χ4v) is 4.21.